The Morgan fingerprint density at radius 1 is 1.17 bits per heavy atom. The molecule has 1 aromatic heterocycles. The lowest BCUT2D eigenvalue weighted by Gasteiger charge is -2.30. The van der Waals surface area contributed by atoms with E-state index in [1.807, 2.05) is 50.4 Å². The van der Waals surface area contributed by atoms with E-state index in [-0.39, 0.29) is 23.3 Å². The Morgan fingerprint density at radius 2 is 1.91 bits per heavy atom. The number of nitrogens with zero attached hydrogens (tertiary/aromatic N) is 3. The van der Waals surface area contributed by atoms with E-state index in [9.17, 15) is 14.9 Å². The highest BCUT2D eigenvalue weighted by Gasteiger charge is 2.27. The zero-order valence-corrected chi connectivity index (χ0v) is 20.2. The van der Waals surface area contributed by atoms with Crippen molar-refractivity contribution in [2.45, 2.75) is 33.2 Å². The Morgan fingerprint density at radius 3 is 2.63 bits per heavy atom. The molecule has 0 unspecified atom stereocenters. The van der Waals surface area contributed by atoms with E-state index >= 15 is 0 Å². The van der Waals surface area contributed by atoms with Gasteiger partial charge in [-0.15, -0.1) is 0 Å². The summed E-state index contributed by atoms with van der Waals surface area (Å²) in [7, 11) is 0. The van der Waals surface area contributed by atoms with Crippen LogP contribution in [0.15, 0.2) is 54.2 Å². The molecular weight excluding hydrogens is 440 g/mol. The fourth-order valence-corrected chi connectivity index (χ4v) is 4.53. The average Bonchev–Trinajstić information content (AvgIpc) is 3.21. The van der Waals surface area contributed by atoms with Crippen molar-refractivity contribution < 1.29 is 14.3 Å². The fourth-order valence-electron chi connectivity index (χ4n) is 4.53. The third kappa shape index (κ3) is 5.38. The van der Waals surface area contributed by atoms with E-state index in [2.05, 4.69) is 22.8 Å². The van der Waals surface area contributed by atoms with Gasteiger partial charge in [-0.2, -0.15) is 5.26 Å². The van der Waals surface area contributed by atoms with Crippen LogP contribution in [0.3, 0.4) is 0 Å². The smallest absolute Gasteiger partial charge is 0.264 e. The summed E-state index contributed by atoms with van der Waals surface area (Å²) in [6, 6.07) is 16.1. The molecule has 7 heteroatoms. The van der Waals surface area contributed by atoms with Crippen LogP contribution >= 0.6 is 0 Å². The predicted octanol–water partition coefficient (Wildman–Crippen LogP) is 3.97. The highest BCUT2D eigenvalue weighted by atomic mass is 16.5. The largest absolute Gasteiger partial charge is 0.491 e. The van der Waals surface area contributed by atoms with Crippen molar-refractivity contribution in [3.8, 4) is 11.8 Å². The minimum atomic E-state index is -0.331. The van der Waals surface area contributed by atoms with Gasteiger partial charge in [0.25, 0.3) is 5.91 Å². The van der Waals surface area contributed by atoms with E-state index in [0.717, 1.165) is 33.3 Å². The van der Waals surface area contributed by atoms with Gasteiger partial charge >= 0.3 is 0 Å². The average molecular weight is 471 g/mol. The molecule has 2 heterocycles. The zero-order valence-electron chi connectivity index (χ0n) is 20.2. The number of benzene rings is 2. The van der Waals surface area contributed by atoms with E-state index < -0.39 is 0 Å². The van der Waals surface area contributed by atoms with Crippen molar-refractivity contribution >= 4 is 28.8 Å². The number of carbonyl (C=O) groups is 2. The number of nitrogens with two attached hydrogens (primary N) is 1. The van der Waals surface area contributed by atoms with Gasteiger partial charge < -0.3 is 19.9 Å². The van der Waals surface area contributed by atoms with Crippen molar-refractivity contribution in [3.05, 3.63) is 70.9 Å². The molecule has 0 atom stereocenters. The van der Waals surface area contributed by atoms with Gasteiger partial charge in [0.1, 0.15) is 24.0 Å². The number of carbonyl (C=O) groups excluding carboxylic acids is 2. The zero-order chi connectivity index (χ0) is 24.9. The van der Waals surface area contributed by atoms with Crippen molar-refractivity contribution in [2.75, 3.05) is 19.7 Å². The lowest BCUT2D eigenvalue weighted by Crippen LogP contribution is -2.42. The number of hydrogen-bond donors (Lipinski definition) is 1. The highest BCUT2D eigenvalue weighted by molar-refractivity contribution is 6.04. The van der Waals surface area contributed by atoms with Crippen LogP contribution < -0.4 is 10.5 Å². The summed E-state index contributed by atoms with van der Waals surface area (Å²) >= 11 is 0. The summed E-state index contributed by atoms with van der Waals surface area (Å²) < 4.78 is 8.13. The Hall–Kier alpha value is -4.05. The number of likely N-dealkylation sites (tertiary alicyclic amines) is 1. The molecule has 1 fully saturated rings. The quantitative estimate of drug-likeness (QED) is 0.417. The number of ether oxygens (including phenoxy) is 1. The Labute approximate surface area is 205 Å². The normalized spacial score (nSPS) is 14.7. The molecule has 0 bridgehead atoms. The van der Waals surface area contributed by atoms with Crippen LogP contribution in [0.4, 0.5) is 0 Å². The number of piperidine rings is 1. The molecule has 3 aromatic rings. The molecule has 1 saturated heterocycles. The summed E-state index contributed by atoms with van der Waals surface area (Å²) in [5.74, 6) is 0.0180. The van der Waals surface area contributed by atoms with E-state index in [4.69, 9.17) is 10.5 Å². The molecule has 0 aliphatic carbocycles. The Balaban J connectivity index is 1.53. The van der Waals surface area contributed by atoms with Crippen molar-refractivity contribution in [3.63, 3.8) is 0 Å². The van der Waals surface area contributed by atoms with E-state index in [1.165, 1.54) is 0 Å². The Bertz CT molecular complexity index is 1320. The van der Waals surface area contributed by atoms with Gasteiger partial charge in [0.15, 0.2) is 0 Å². The molecule has 35 heavy (non-hydrogen) atoms. The maximum Gasteiger partial charge on any atom is 0.264 e. The van der Waals surface area contributed by atoms with Crippen LogP contribution in [-0.4, -0.2) is 41.0 Å². The standard InChI is InChI=1S/C28H30N4O3/c1-19-7-8-20(2)26(15-19)35-14-13-32-18-23(24-5-3-4-6-25(24)32)16-22(17-29)28(34)31-11-9-21(10-12-31)27(30)33/h3-8,15-16,18,21H,9-14H2,1-2H3,(H2,30,33). The minimum Gasteiger partial charge on any atom is -0.491 e. The number of amides is 2. The van der Waals surface area contributed by atoms with Gasteiger partial charge in [-0.1, -0.05) is 30.3 Å². The van der Waals surface area contributed by atoms with E-state index in [1.54, 1.807) is 11.0 Å². The second kappa shape index (κ2) is 10.5. The van der Waals surface area contributed by atoms with Crippen LogP contribution in [0.2, 0.25) is 0 Å². The van der Waals surface area contributed by atoms with Crippen LogP contribution in [0.1, 0.15) is 29.5 Å². The van der Waals surface area contributed by atoms with Gasteiger partial charge in [0, 0.05) is 41.7 Å². The monoisotopic (exact) mass is 470 g/mol. The predicted molar refractivity (Wildman–Crippen MR) is 135 cm³/mol. The number of primary amides is 1. The van der Waals surface area contributed by atoms with Gasteiger partial charge in [-0.05, 0) is 56.0 Å². The molecule has 1 aliphatic heterocycles. The SMILES string of the molecule is Cc1ccc(C)c(OCCn2cc(C=C(C#N)C(=O)N3CCC(C(N)=O)CC3)c3ccccc32)c1. The van der Waals surface area contributed by atoms with Crippen molar-refractivity contribution in [1.29, 1.82) is 5.26 Å². The number of fused-ring (bicyclic) bond motifs is 1. The summed E-state index contributed by atoms with van der Waals surface area (Å²) in [5.41, 5.74) is 9.54. The number of rotatable bonds is 7. The topological polar surface area (TPSA) is 101 Å². The number of nitriles is 1. The van der Waals surface area contributed by atoms with Crippen molar-refractivity contribution in [1.82, 2.24) is 9.47 Å². The van der Waals surface area contributed by atoms with Crippen LogP contribution in [-0.2, 0) is 16.1 Å². The lowest BCUT2D eigenvalue weighted by molar-refractivity contribution is -0.131. The number of aryl methyl sites for hydroxylation is 2. The minimum absolute atomic E-state index is 0.0806. The van der Waals surface area contributed by atoms with Gasteiger partial charge in [0.05, 0.1) is 6.54 Å². The first-order chi connectivity index (χ1) is 16.9. The maximum atomic E-state index is 13.0. The second-order valence-corrected chi connectivity index (χ2v) is 9.05. The molecule has 1 aliphatic rings. The fraction of sp³-hybridized carbons (Fsp3) is 0.321. The van der Waals surface area contributed by atoms with Crippen LogP contribution in [0, 0.1) is 31.1 Å². The maximum absolute atomic E-state index is 13.0. The molecule has 7 nitrogen and oxygen atoms in total. The Kier molecular flexibility index (Phi) is 7.21. The molecule has 2 aromatic carbocycles. The molecule has 4 rings (SSSR count). The molecule has 180 valence electrons. The summed E-state index contributed by atoms with van der Waals surface area (Å²) in [6.45, 7) is 6.02. The second-order valence-electron chi connectivity index (χ2n) is 9.05. The number of hydrogen-bond acceptors (Lipinski definition) is 4. The molecular formula is C28H30N4O3. The first-order valence-corrected chi connectivity index (χ1v) is 11.9. The van der Waals surface area contributed by atoms with Crippen LogP contribution in [0.25, 0.3) is 17.0 Å². The third-order valence-electron chi connectivity index (χ3n) is 6.59. The van der Waals surface area contributed by atoms with Gasteiger partial charge in [-0.3, -0.25) is 9.59 Å². The van der Waals surface area contributed by atoms with Crippen molar-refractivity contribution in [2.24, 2.45) is 11.7 Å². The van der Waals surface area contributed by atoms with E-state index in [0.29, 0.717) is 39.1 Å². The number of para-hydroxylation sites is 1. The molecule has 0 spiro atoms. The highest BCUT2D eigenvalue weighted by Crippen LogP contribution is 2.26. The summed E-state index contributed by atoms with van der Waals surface area (Å²) in [6.07, 6.45) is 4.67. The molecule has 0 radical (unpaired) electrons. The van der Waals surface area contributed by atoms with Gasteiger partial charge in [-0.25, -0.2) is 0 Å². The summed E-state index contributed by atoms with van der Waals surface area (Å²) in [5, 5.41) is 10.7. The lowest BCUT2D eigenvalue weighted by atomic mass is 9.96. The molecule has 2 amide bonds. The first kappa shape index (κ1) is 24.1. The van der Waals surface area contributed by atoms with Crippen LogP contribution in [0.5, 0.6) is 5.75 Å². The molecule has 0 saturated carbocycles. The number of aromatic nitrogens is 1. The third-order valence-corrected chi connectivity index (χ3v) is 6.59. The first-order valence-electron chi connectivity index (χ1n) is 11.9. The summed E-state index contributed by atoms with van der Waals surface area (Å²) in [4.78, 5) is 26.1. The molecule has 2 N–H and O–H groups in total. The van der Waals surface area contributed by atoms with Gasteiger partial charge in [0.2, 0.25) is 5.91 Å².